The summed E-state index contributed by atoms with van der Waals surface area (Å²) in [4.78, 5) is 18.3. The lowest BCUT2D eigenvalue weighted by atomic mass is 10.1. The van der Waals surface area contributed by atoms with Gasteiger partial charge in [0.05, 0.1) is 6.61 Å². The zero-order valence-corrected chi connectivity index (χ0v) is 16.1. The van der Waals surface area contributed by atoms with Gasteiger partial charge >= 0.3 is 7.82 Å². The summed E-state index contributed by atoms with van der Waals surface area (Å²) in [7, 11) is -4.63. The molecule has 0 saturated carbocycles. The summed E-state index contributed by atoms with van der Waals surface area (Å²) in [6.45, 7) is 4.19. The van der Waals surface area contributed by atoms with Crippen LogP contribution in [0.3, 0.4) is 0 Å². The molecule has 1 atom stereocenters. The molecule has 0 spiro atoms. The monoisotopic (exact) mass is 374 g/mol. The van der Waals surface area contributed by atoms with Crippen molar-refractivity contribution in [1.29, 1.82) is 0 Å². The van der Waals surface area contributed by atoms with Crippen molar-refractivity contribution in [3.63, 3.8) is 0 Å². The first kappa shape index (κ1) is 22.1. The van der Waals surface area contributed by atoms with Crippen molar-refractivity contribution in [2.24, 2.45) is 0 Å². The Morgan fingerprint density at radius 3 is 2.28 bits per heavy atom. The summed E-state index contributed by atoms with van der Waals surface area (Å²) >= 11 is 0. The number of ether oxygens (including phenoxy) is 2. The van der Waals surface area contributed by atoms with E-state index in [-0.39, 0.29) is 13.2 Å². The van der Waals surface area contributed by atoms with E-state index in [0.29, 0.717) is 6.42 Å². The van der Waals surface area contributed by atoms with Crippen LogP contribution < -0.4 is 4.74 Å². The van der Waals surface area contributed by atoms with Crippen molar-refractivity contribution in [2.75, 3.05) is 13.2 Å². The van der Waals surface area contributed by atoms with E-state index in [1.165, 1.54) is 19.3 Å². The first-order valence-electron chi connectivity index (χ1n) is 8.93. The molecule has 1 unspecified atom stereocenters. The number of phosphoric ester groups is 1. The van der Waals surface area contributed by atoms with Crippen molar-refractivity contribution in [1.82, 2.24) is 0 Å². The normalized spacial score (nSPS) is 14.2. The van der Waals surface area contributed by atoms with E-state index in [2.05, 4.69) is 6.92 Å². The molecule has 1 aromatic rings. The summed E-state index contributed by atoms with van der Waals surface area (Å²) in [6, 6.07) is 9.31. The third-order valence-electron chi connectivity index (χ3n) is 3.80. The highest BCUT2D eigenvalue weighted by Crippen LogP contribution is 2.43. The van der Waals surface area contributed by atoms with Crippen LogP contribution in [-0.2, 0) is 13.8 Å². The zero-order chi connectivity index (χ0) is 18.6. The molecule has 0 bridgehead atoms. The average molecular weight is 374 g/mol. The van der Waals surface area contributed by atoms with E-state index >= 15 is 0 Å². The van der Waals surface area contributed by atoms with E-state index in [1.54, 1.807) is 6.92 Å². The summed E-state index contributed by atoms with van der Waals surface area (Å²) < 4.78 is 27.3. The van der Waals surface area contributed by atoms with Gasteiger partial charge in [-0.05, 0) is 25.5 Å². The number of para-hydroxylation sites is 1. The van der Waals surface area contributed by atoms with Gasteiger partial charge in [0.25, 0.3) is 0 Å². The molecule has 25 heavy (non-hydrogen) atoms. The molecule has 0 aromatic heterocycles. The van der Waals surface area contributed by atoms with Gasteiger partial charge in [0.15, 0.2) is 5.79 Å². The quantitative estimate of drug-likeness (QED) is 0.280. The smallest absolute Gasteiger partial charge is 0.472 e. The number of unbranched alkanes of at least 4 members (excludes halogenated alkanes) is 5. The summed E-state index contributed by atoms with van der Waals surface area (Å²) in [6.07, 6.45) is 6.89. The maximum absolute atomic E-state index is 11.2. The van der Waals surface area contributed by atoms with E-state index in [9.17, 15) is 4.57 Å². The first-order chi connectivity index (χ1) is 11.8. The Bertz CT molecular complexity index is 504. The minimum atomic E-state index is -4.63. The van der Waals surface area contributed by atoms with Gasteiger partial charge in [-0.3, -0.25) is 4.52 Å². The van der Waals surface area contributed by atoms with Gasteiger partial charge in [-0.15, -0.1) is 0 Å². The van der Waals surface area contributed by atoms with Gasteiger partial charge in [-0.25, -0.2) is 4.57 Å². The molecule has 1 aromatic carbocycles. The standard InChI is InChI=1S/C18H31O6P/c1-3-4-5-6-7-11-14-18(2,24-25(19,20)21)23-16-15-22-17-12-9-8-10-13-17/h8-10,12-13H,3-7,11,14-16H2,1-2H3,(H2,19,20,21). The van der Waals surface area contributed by atoms with E-state index in [1.807, 2.05) is 30.3 Å². The van der Waals surface area contributed by atoms with Crippen molar-refractivity contribution in [3.8, 4) is 5.75 Å². The van der Waals surface area contributed by atoms with Crippen molar-refractivity contribution >= 4 is 7.82 Å². The molecular formula is C18H31O6P. The maximum atomic E-state index is 11.2. The minimum absolute atomic E-state index is 0.182. The van der Waals surface area contributed by atoms with Crippen LogP contribution in [0.2, 0.25) is 0 Å². The average Bonchev–Trinajstić information content (AvgIpc) is 2.54. The Morgan fingerprint density at radius 1 is 1.00 bits per heavy atom. The molecule has 6 nitrogen and oxygen atoms in total. The van der Waals surface area contributed by atoms with Gasteiger partial charge in [-0.1, -0.05) is 57.2 Å². The predicted octanol–water partition coefficient (Wildman–Crippen LogP) is 4.66. The van der Waals surface area contributed by atoms with Crippen LogP contribution in [-0.4, -0.2) is 28.8 Å². The van der Waals surface area contributed by atoms with Gasteiger partial charge < -0.3 is 19.3 Å². The van der Waals surface area contributed by atoms with Crippen LogP contribution in [0.15, 0.2) is 30.3 Å². The third-order valence-corrected chi connectivity index (χ3v) is 4.42. The summed E-state index contributed by atoms with van der Waals surface area (Å²) in [5, 5.41) is 0. The molecule has 1 rings (SSSR count). The molecule has 7 heteroatoms. The molecule has 0 radical (unpaired) electrons. The Morgan fingerprint density at radius 2 is 1.64 bits per heavy atom. The maximum Gasteiger partial charge on any atom is 0.472 e. The molecular weight excluding hydrogens is 343 g/mol. The fraction of sp³-hybridized carbons (Fsp3) is 0.667. The Hall–Kier alpha value is -0.910. The van der Waals surface area contributed by atoms with Gasteiger partial charge in [0, 0.05) is 6.42 Å². The fourth-order valence-electron chi connectivity index (χ4n) is 2.56. The zero-order valence-electron chi connectivity index (χ0n) is 15.2. The lowest BCUT2D eigenvalue weighted by molar-refractivity contribution is -0.187. The molecule has 0 fully saturated rings. The Balaban J connectivity index is 2.38. The fourth-order valence-corrected chi connectivity index (χ4v) is 3.20. The largest absolute Gasteiger partial charge is 0.491 e. The number of rotatable bonds is 14. The molecule has 2 N–H and O–H groups in total. The summed E-state index contributed by atoms with van der Waals surface area (Å²) in [5.41, 5.74) is 0. The molecule has 0 saturated heterocycles. The Kier molecular flexibility index (Phi) is 10.3. The second kappa shape index (κ2) is 11.7. The number of phosphoric acid groups is 1. The molecule has 144 valence electrons. The highest BCUT2D eigenvalue weighted by atomic mass is 31.2. The van der Waals surface area contributed by atoms with Gasteiger partial charge in [0.2, 0.25) is 0 Å². The number of hydrogen-bond donors (Lipinski definition) is 2. The van der Waals surface area contributed by atoms with Crippen molar-refractivity contribution in [2.45, 2.75) is 64.6 Å². The highest BCUT2D eigenvalue weighted by molar-refractivity contribution is 7.46. The lowest BCUT2D eigenvalue weighted by Gasteiger charge is -2.30. The van der Waals surface area contributed by atoms with Crippen LogP contribution in [0, 0.1) is 0 Å². The lowest BCUT2D eigenvalue weighted by Crippen LogP contribution is -2.33. The van der Waals surface area contributed by atoms with E-state index in [4.69, 9.17) is 23.8 Å². The van der Waals surface area contributed by atoms with Crippen LogP contribution >= 0.6 is 7.82 Å². The molecule has 0 aliphatic heterocycles. The van der Waals surface area contributed by atoms with Gasteiger partial charge in [0.1, 0.15) is 12.4 Å². The SMILES string of the molecule is CCCCCCCCC(C)(OCCOc1ccccc1)OP(=O)(O)O. The second-order valence-corrected chi connectivity index (χ2v) is 7.41. The molecule has 0 aliphatic carbocycles. The number of benzene rings is 1. The third kappa shape index (κ3) is 11.3. The minimum Gasteiger partial charge on any atom is -0.491 e. The highest BCUT2D eigenvalue weighted by Gasteiger charge is 2.34. The van der Waals surface area contributed by atoms with Crippen LogP contribution in [0.5, 0.6) is 5.75 Å². The summed E-state index contributed by atoms with van der Waals surface area (Å²) in [5.74, 6) is -0.594. The van der Waals surface area contributed by atoms with Crippen LogP contribution in [0.4, 0.5) is 0 Å². The molecule has 0 aliphatic rings. The van der Waals surface area contributed by atoms with Crippen molar-refractivity contribution < 1.29 is 28.3 Å². The second-order valence-electron chi connectivity index (χ2n) is 6.24. The van der Waals surface area contributed by atoms with E-state index in [0.717, 1.165) is 25.0 Å². The van der Waals surface area contributed by atoms with Gasteiger partial charge in [-0.2, -0.15) is 0 Å². The van der Waals surface area contributed by atoms with Crippen molar-refractivity contribution in [3.05, 3.63) is 30.3 Å². The van der Waals surface area contributed by atoms with E-state index < -0.39 is 13.6 Å². The van der Waals surface area contributed by atoms with Crippen LogP contribution in [0.25, 0.3) is 0 Å². The Labute approximate surface area is 150 Å². The number of hydrogen-bond acceptors (Lipinski definition) is 4. The first-order valence-corrected chi connectivity index (χ1v) is 10.5. The predicted molar refractivity (Wildman–Crippen MR) is 97.4 cm³/mol. The molecule has 0 heterocycles. The van der Waals surface area contributed by atoms with Crippen LogP contribution in [0.1, 0.15) is 58.8 Å². The topological polar surface area (TPSA) is 85.2 Å². The molecule has 0 amide bonds.